The first kappa shape index (κ1) is 40.9. The van der Waals surface area contributed by atoms with Crippen molar-refractivity contribution < 1.29 is 41.7 Å². The monoisotopic (exact) mass is 852 g/mol. The number of hydrogen-bond donors (Lipinski definition) is 2. The van der Waals surface area contributed by atoms with Gasteiger partial charge in [0.25, 0.3) is 0 Å². The Kier molecular flexibility index (Phi) is 10.6. The Morgan fingerprint density at radius 2 is 1.90 bits per heavy atom. The standard InChI is InChI=1S/C42H41ClF4N6O5S/c1-40(2,3)58-39(54)52-37-24(15-48)31-25(16-49-17-30(31)59-37)32-27(43)14-23-35(34(32)47)50-38(51-36(23)53-10-11-56-19-41(4,55)18-53)57-20-42-8-5-6-26(42)22(7-9-42)21-12-28(44)33(46)29(45)13-21/h12-14,16-17,22,26,55H,5-11,18-20H2,1-4H3,(H,52,54). The van der Waals surface area contributed by atoms with E-state index in [0.717, 1.165) is 42.7 Å². The van der Waals surface area contributed by atoms with Crippen LogP contribution in [0.15, 0.2) is 30.6 Å². The number of ether oxygens (including phenoxy) is 3. The van der Waals surface area contributed by atoms with Gasteiger partial charge in [-0.2, -0.15) is 15.2 Å². The van der Waals surface area contributed by atoms with Gasteiger partial charge in [-0.15, -0.1) is 11.3 Å². The number of fused-ring (bicyclic) bond motifs is 3. The number of hydrogen-bond acceptors (Lipinski definition) is 11. The molecule has 310 valence electrons. The predicted molar refractivity (Wildman–Crippen MR) is 215 cm³/mol. The number of β-amino-alcohol motifs (C(OH)–C–C–N with tert-alkyl or cyclic N) is 1. The Hall–Kier alpha value is -4.82. The van der Waals surface area contributed by atoms with Crippen molar-refractivity contribution in [2.75, 3.05) is 43.1 Å². The molecule has 0 radical (unpaired) electrons. The van der Waals surface area contributed by atoms with Gasteiger partial charge < -0.3 is 24.2 Å². The van der Waals surface area contributed by atoms with Crippen molar-refractivity contribution in [3.63, 3.8) is 0 Å². The van der Waals surface area contributed by atoms with Crippen molar-refractivity contribution in [2.45, 2.75) is 76.9 Å². The highest BCUT2D eigenvalue weighted by molar-refractivity contribution is 7.23. The molecule has 3 aliphatic rings. The second-order valence-corrected chi connectivity index (χ2v) is 18.4. The minimum absolute atomic E-state index is 0.0192. The Morgan fingerprint density at radius 1 is 1.14 bits per heavy atom. The summed E-state index contributed by atoms with van der Waals surface area (Å²) in [6.45, 7) is 7.56. The number of carbonyl (C=O) groups is 1. The maximum absolute atomic E-state index is 17.4. The van der Waals surface area contributed by atoms with E-state index in [9.17, 15) is 28.3 Å². The van der Waals surface area contributed by atoms with E-state index in [1.54, 1.807) is 32.6 Å². The van der Waals surface area contributed by atoms with Gasteiger partial charge in [0, 0.05) is 46.3 Å². The summed E-state index contributed by atoms with van der Waals surface area (Å²) in [4.78, 5) is 28.2. The molecule has 3 fully saturated rings. The fourth-order valence-electron chi connectivity index (χ4n) is 9.12. The molecule has 1 aliphatic heterocycles. The minimum atomic E-state index is -1.50. The molecular formula is C42H41ClF4N6O5S. The summed E-state index contributed by atoms with van der Waals surface area (Å²) < 4.78 is 78.0. The first-order valence-corrected chi connectivity index (χ1v) is 20.5. The maximum Gasteiger partial charge on any atom is 0.412 e. The summed E-state index contributed by atoms with van der Waals surface area (Å²) in [5, 5.41) is 24.8. The minimum Gasteiger partial charge on any atom is -0.463 e. The van der Waals surface area contributed by atoms with E-state index in [1.807, 2.05) is 0 Å². The van der Waals surface area contributed by atoms with Crippen molar-refractivity contribution in [3.05, 3.63) is 70.0 Å². The first-order valence-electron chi connectivity index (χ1n) is 19.3. The third-order valence-electron chi connectivity index (χ3n) is 11.5. The van der Waals surface area contributed by atoms with E-state index < -0.39 is 46.0 Å². The van der Waals surface area contributed by atoms with Crippen LogP contribution in [-0.2, 0) is 9.47 Å². The zero-order chi connectivity index (χ0) is 42.0. The third kappa shape index (κ3) is 7.74. The molecule has 59 heavy (non-hydrogen) atoms. The number of aliphatic hydroxyl groups is 1. The zero-order valence-corrected chi connectivity index (χ0v) is 34.3. The second-order valence-electron chi connectivity index (χ2n) is 16.9. The van der Waals surface area contributed by atoms with Crippen LogP contribution in [0.1, 0.15) is 76.8 Å². The SMILES string of the molecule is CC1(O)COCCN(c2nc(OCC34CCCC3C(c3cc(F)c(F)c(F)c3)CC4)nc3c(F)c(-c4cncc5sc(NC(=O)OC(C)(C)C)c(C#N)c45)c(Cl)cc23)C1. The van der Waals surface area contributed by atoms with E-state index in [2.05, 4.69) is 21.4 Å². The number of nitrogens with zero attached hydrogens (tertiary/aromatic N) is 5. The van der Waals surface area contributed by atoms with Gasteiger partial charge in [-0.3, -0.25) is 10.3 Å². The van der Waals surface area contributed by atoms with Gasteiger partial charge in [-0.25, -0.2) is 22.4 Å². The highest BCUT2D eigenvalue weighted by atomic mass is 35.5. The van der Waals surface area contributed by atoms with Gasteiger partial charge in [-0.1, -0.05) is 18.0 Å². The van der Waals surface area contributed by atoms with Crippen molar-refractivity contribution in [1.29, 1.82) is 5.26 Å². The Labute approximate surface area is 346 Å². The summed E-state index contributed by atoms with van der Waals surface area (Å²) in [7, 11) is 0. The summed E-state index contributed by atoms with van der Waals surface area (Å²) in [5.74, 6) is -4.78. The molecule has 1 amide bonds. The van der Waals surface area contributed by atoms with Crippen molar-refractivity contribution in [2.24, 2.45) is 11.3 Å². The van der Waals surface area contributed by atoms with E-state index in [0.29, 0.717) is 28.5 Å². The molecule has 2 aromatic carbocycles. The molecule has 17 heteroatoms. The van der Waals surface area contributed by atoms with Gasteiger partial charge in [0.2, 0.25) is 0 Å². The topological polar surface area (TPSA) is 143 Å². The maximum atomic E-state index is 17.4. The van der Waals surface area contributed by atoms with E-state index >= 15 is 4.39 Å². The summed E-state index contributed by atoms with van der Waals surface area (Å²) in [6.07, 6.45) is 5.81. The molecule has 2 aliphatic carbocycles. The fraction of sp³-hybridized carbons (Fsp3) is 0.452. The van der Waals surface area contributed by atoms with Crippen LogP contribution in [0.4, 0.5) is 33.2 Å². The van der Waals surface area contributed by atoms with Crippen LogP contribution < -0.4 is 15.0 Å². The molecule has 2 N–H and O–H groups in total. The van der Waals surface area contributed by atoms with Crippen molar-refractivity contribution >= 4 is 60.8 Å². The van der Waals surface area contributed by atoms with E-state index in [4.69, 9.17) is 30.8 Å². The van der Waals surface area contributed by atoms with Crippen LogP contribution in [0.2, 0.25) is 5.02 Å². The van der Waals surface area contributed by atoms with Crippen LogP contribution in [0, 0.1) is 45.9 Å². The fourth-order valence-corrected chi connectivity index (χ4v) is 10.4. The molecule has 8 rings (SSSR count). The third-order valence-corrected chi connectivity index (χ3v) is 12.9. The summed E-state index contributed by atoms with van der Waals surface area (Å²) >= 11 is 8.03. The molecule has 0 spiro atoms. The molecule has 0 bridgehead atoms. The van der Waals surface area contributed by atoms with Gasteiger partial charge in [0.15, 0.2) is 23.3 Å². The smallest absolute Gasteiger partial charge is 0.412 e. The average molecular weight is 853 g/mol. The van der Waals surface area contributed by atoms with Crippen LogP contribution in [0.3, 0.4) is 0 Å². The molecule has 2 saturated carbocycles. The lowest BCUT2D eigenvalue weighted by molar-refractivity contribution is -0.0123. The Bertz CT molecular complexity index is 2520. The van der Waals surface area contributed by atoms with Crippen LogP contribution in [0.25, 0.3) is 32.1 Å². The van der Waals surface area contributed by atoms with Crippen LogP contribution in [-0.4, -0.2) is 70.3 Å². The predicted octanol–water partition coefficient (Wildman–Crippen LogP) is 9.67. The van der Waals surface area contributed by atoms with Gasteiger partial charge in [-0.05, 0) is 89.0 Å². The molecule has 3 aromatic heterocycles. The number of amides is 1. The Balaban J connectivity index is 1.21. The summed E-state index contributed by atoms with van der Waals surface area (Å²) in [5.41, 5.74) is -2.08. The highest BCUT2D eigenvalue weighted by Gasteiger charge is 2.52. The van der Waals surface area contributed by atoms with E-state index in [1.165, 1.54) is 18.5 Å². The normalized spacial score (nSPS) is 23.3. The molecule has 1 saturated heterocycles. The van der Waals surface area contributed by atoms with Crippen LogP contribution in [0.5, 0.6) is 6.01 Å². The number of pyridine rings is 1. The lowest BCUT2D eigenvalue weighted by Crippen LogP contribution is -2.42. The first-order chi connectivity index (χ1) is 28.0. The molecular weight excluding hydrogens is 812 g/mol. The number of aromatic nitrogens is 3. The molecule has 4 atom stereocenters. The van der Waals surface area contributed by atoms with Crippen LogP contribution >= 0.6 is 22.9 Å². The van der Waals surface area contributed by atoms with Crippen molar-refractivity contribution in [1.82, 2.24) is 15.0 Å². The van der Waals surface area contributed by atoms with Gasteiger partial charge >= 0.3 is 12.1 Å². The summed E-state index contributed by atoms with van der Waals surface area (Å²) in [6, 6.07) is 5.68. The largest absolute Gasteiger partial charge is 0.463 e. The second kappa shape index (κ2) is 15.3. The van der Waals surface area contributed by atoms with E-state index in [-0.39, 0.29) is 94.2 Å². The number of halogens is 5. The lowest BCUT2D eigenvalue weighted by Gasteiger charge is -2.32. The highest BCUT2D eigenvalue weighted by Crippen LogP contribution is 2.60. The van der Waals surface area contributed by atoms with Gasteiger partial charge in [0.05, 0.1) is 41.7 Å². The number of nitrogens with one attached hydrogen (secondary N) is 1. The number of nitriles is 1. The number of benzene rings is 2. The van der Waals surface area contributed by atoms with Crippen molar-refractivity contribution in [3.8, 4) is 23.2 Å². The number of thiophene rings is 1. The molecule has 5 aromatic rings. The quantitative estimate of drug-likeness (QED) is 0.120. The van der Waals surface area contributed by atoms with Gasteiger partial charge in [0.1, 0.15) is 33.6 Å². The molecule has 4 unspecified atom stereocenters. The molecule has 4 heterocycles. The average Bonchev–Trinajstić information content (AvgIpc) is 3.80. The molecule has 11 nitrogen and oxygen atoms in total. The lowest BCUT2D eigenvalue weighted by atomic mass is 9.77. The number of anilines is 2. The number of rotatable bonds is 7. The Morgan fingerprint density at radius 3 is 2.63 bits per heavy atom. The number of carbonyl (C=O) groups excluding carboxylic acids is 1. The zero-order valence-electron chi connectivity index (χ0n) is 32.7.